The first kappa shape index (κ1) is 17.4. The Bertz CT molecular complexity index is 837. The van der Waals surface area contributed by atoms with Gasteiger partial charge in [0.25, 0.3) is 0 Å². The Labute approximate surface area is 144 Å². The molecule has 0 radical (unpaired) electrons. The summed E-state index contributed by atoms with van der Waals surface area (Å²) in [7, 11) is -3.85. The Morgan fingerprint density at radius 3 is 2.68 bits per heavy atom. The van der Waals surface area contributed by atoms with E-state index in [4.69, 9.17) is 5.11 Å². The first-order chi connectivity index (χ1) is 11.8. The zero-order chi connectivity index (χ0) is 18.2. The monoisotopic (exact) mass is 367 g/mol. The second-order valence-corrected chi connectivity index (χ2v) is 7.93. The van der Waals surface area contributed by atoms with E-state index in [1.807, 2.05) is 0 Å². The molecule has 1 aromatic rings. The van der Waals surface area contributed by atoms with E-state index in [0.717, 1.165) is 4.31 Å². The van der Waals surface area contributed by atoms with Crippen LogP contribution in [0.25, 0.3) is 0 Å². The quantitative estimate of drug-likeness (QED) is 0.641. The van der Waals surface area contributed by atoms with Crippen molar-refractivity contribution in [3.05, 3.63) is 24.3 Å². The summed E-state index contributed by atoms with van der Waals surface area (Å²) in [6, 6.07) is 5.69. The van der Waals surface area contributed by atoms with E-state index in [1.165, 1.54) is 24.3 Å². The molecule has 1 saturated carbocycles. The minimum absolute atomic E-state index is 0.0365. The van der Waals surface area contributed by atoms with E-state index in [0.29, 0.717) is 0 Å². The van der Waals surface area contributed by atoms with E-state index in [2.05, 4.69) is 10.6 Å². The van der Waals surface area contributed by atoms with Gasteiger partial charge in [0.05, 0.1) is 23.3 Å². The van der Waals surface area contributed by atoms with Gasteiger partial charge in [0.2, 0.25) is 21.8 Å². The van der Waals surface area contributed by atoms with Crippen LogP contribution in [0.3, 0.4) is 0 Å². The SMILES string of the molecule is O=C1CN(S(=O)(=O)c2cccc(NC(=O)C3CC3C(=O)O)c2)CCN1. The standard InChI is InChI=1S/C15H17N3O6S/c19-13-8-18(5-4-16-13)25(23,24)10-3-1-2-9(6-10)17-14(20)11-7-12(11)15(21)22/h1-3,6,11-12H,4-5,7-8H2,(H,16,19)(H,17,20)(H,21,22). The highest BCUT2D eigenvalue weighted by Crippen LogP contribution is 2.39. The second kappa shape index (κ2) is 6.45. The number of nitrogens with one attached hydrogen (secondary N) is 2. The first-order valence-corrected chi connectivity index (χ1v) is 9.13. The Morgan fingerprint density at radius 2 is 2.04 bits per heavy atom. The summed E-state index contributed by atoms with van der Waals surface area (Å²) in [6.45, 7) is 0.168. The van der Waals surface area contributed by atoms with Gasteiger partial charge in [0.1, 0.15) is 0 Å². The molecule has 2 amide bonds. The lowest BCUT2D eigenvalue weighted by Gasteiger charge is -2.26. The molecular formula is C15H17N3O6S. The van der Waals surface area contributed by atoms with Gasteiger partial charge >= 0.3 is 5.97 Å². The van der Waals surface area contributed by atoms with Crippen molar-refractivity contribution in [1.82, 2.24) is 9.62 Å². The number of carbonyl (C=O) groups is 3. The molecule has 0 spiro atoms. The molecule has 2 fully saturated rings. The predicted molar refractivity (Wildman–Crippen MR) is 86.1 cm³/mol. The molecule has 2 aliphatic rings. The topological polar surface area (TPSA) is 133 Å². The smallest absolute Gasteiger partial charge is 0.307 e. The number of carboxylic acids is 1. The summed E-state index contributed by atoms with van der Waals surface area (Å²) in [5.41, 5.74) is 0.267. The predicted octanol–water partition coefficient (Wildman–Crippen LogP) is -0.534. The number of sulfonamides is 1. The van der Waals surface area contributed by atoms with Crippen molar-refractivity contribution in [2.45, 2.75) is 11.3 Å². The number of hydrogen-bond acceptors (Lipinski definition) is 5. The molecule has 134 valence electrons. The number of anilines is 1. The maximum Gasteiger partial charge on any atom is 0.307 e. The summed E-state index contributed by atoms with van der Waals surface area (Å²) in [4.78, 5) is 34.2. The maximum atomic E-state index is 12.6. The van der Waals surface area contributed by atoms with Crippen LogP contribution in [0.4, 0.5) is 5.69 Å². The number of piperazine rings is 1. The van der Waals surface area contributed by atoms with Crippen molar-refractivity contribution >= 4 is 33.5 Å². The van der Waals surface area contributed by atoms with E-state index in [1.54, 1.807) is 0 Å². The van der Waals surface area contributed by atoms with Crippen molar-refractivity contribution in [3.63, 3.8) is 0 Å². The van der Waals surface area contributed by atoms with Crippen LogP contribution in [0.2, 0.25) is 0 Å². The normalized spacial score (nSPS) is 23.6. The summed E-state index contributed by atoms with van der Waals surface area (Å²) in [5, 5.41) is 14.0. The third-order valence-electron chi connectivity index (χ3n) is 4.19. The molecule has 1 aliphatic heterocycles. The fraction of sp³-hybridized carbons (Fsp3) is 0.400. The zero-order valence-electron chi connectivity index (χ0n) is 13.1. The molecule has 0 bridgehead atoms. The Balaban J connectivity index is 1.74. The summed E-state index contributed by atoms with van der Waals surface area (Å²) >= 11 is 0. The number of nitrogens with zero attached hydrogens (tertiary/aromatic N) is 1. The third kappa shape index (κ3) is 3.64. The van der Waals surface area contributed by atoms with Crippen molar-refractivity contribution in [1.29, 1.82) is 0 Å². The first-order valence-electron chi connectivity index (χ1n) is 7.69. The highest BCUT2D eigenvalue weighted by Gasteiger charge is 2.48. The van der Waals surface area contributed by atoms with E-state index in [9.17, 15) is 22.8 Å². The van der Waals surface area contributed by atoms with Gasteiger partial charge in [-0.1, -0.05) is 6.07 Å². The van der Waals surface area contributed by atoms with Crippen LogP contribution >= 0.6 is 0 Å². The molecule has 1 saturated heterocycles. The van der Waals surface area contributed by atoms with Gasteiger partial charge in [-0.3, -0.25) is 14.4 Å². The summed E-state index contributed by atoms with van der Waals surface area (Å²) < 4.78 is 26.3. The van der Waals surface area contributed by atoms with Gasteiger partial charge in [-0.25, -0.2) is 8.42 Å². The van der Waals surface area contributed by atoms with Crippen LogP contribution in [0.5, 0.6) is 0 Å². The van der Waals surface area contributed by atoms with Gasteiger partial charge in [-0.05, 0) is 24.6 Å². The average molecular weight is 367 g/mol. The molecule has 10 heteroatoms. The van der Waals surface area contributed by atoms with E-state index >= 15 is 0 Å². The lowest BCUT2D eigenvalue weighted by atomic mass is 10.2. The van der Waals surface area contributed by atoms with Crippen LogP contribution in [-0.2, 0) is 24.4 Å². The van der Waals surface area contributed by atoms with Crippen LogP contribution in [0.15, 0.2) is 29.2 Å². The highest BCUT2D eigenvalue weighted by atomic mass is 32.2. The van der Waals surface area contributed by atoms with Crippen molar-refractivity contribution in [3.8, 4) is 0 Å². The number of carboxylic acid groups (broad SMARTS) is 1. The molecule has 1 aromatic carbocycles. The Morgan fingerprint density at radius 1 is 1.28 bits per heavy atom. The number of aliphatic carboxylic acids is 1. The second-order valence-electron chi connectivity index (χ2n) is 5.99. The number of amides is 2. The lowest BCUT2D eigenvalue weighted by Crippen LogP contribution is -2.49. The number of benzene rings is 1. The van der Waals surface area contributed by atoms with Crippen LogP contribution in [0, 0.1) is 11.8 Å². The summed E-state index contributed by atoms with van der Waals surface area (Å²) in [5.74, 6) is -3.10. The molecule has 3 rings (SSSR count). The van der Waals surface area contributed by atoms with Crippen LogP contribution in [0.1, 0.15) is 6.42 Å². The molecular weight excluding hydrogens is 350 g/mol. The molecule has 2 atom stereocenters. The highest BCUT2D eigenvalue weighted by molar-refractivity contribution is 7.89. The molecule has 0 aromatic heterocycles. The molecule has 25 heavy (non-hydrogen) atoms. The van der Waals surface area contributed by atoms with Gasteiger partial charge in [0, 0.05) is 18.8 Å². The van der Waals surface area contributed by atoms with Crippen molar-refractivity contribution in [2.24, 2.45) is 11.8 Å². The summed E-state index contributed by atoms with van der Waals surface area (Å²) in [6.07, 6.45) is 0.280. The zero-order valence-corrected chi connectivity index (χ0v) is 14.0. The number of hydrogen-bond donors (Lipinski definition) is 3. The minimum atomic E-state index is -3.85. The fourth-order valence-corrected chi connectivity index (χ4v) is 4.14. The van der Waals surface area contributed by atoms with Gasteiger partial charge in [0.15, 0.2) is 0 Å². The number of carbonyl (C=O) groups excluding carboxylic acids is 2. The van der Waals surface area contributed by atoms with Crippen molar-refractivity contribution in [2.75, 3.05) is 25.0 Å². The minimum Gasteiger partial charge on any atom is -0.481 e. The van der Waals surface area contributed by atoms with Gasteiger partial charge < -0.3 is 15.7 Å². The molecule has 1 heterocycles. The van der Waals surface area contributed by atoms with Crippen LogP contribution in [-0.4, -0.2) is 55.2 Å². The molecule has 9 nitrogen and oxygen atoms in total. The molecule has 1 aliphatic carbocycles. The van der Waals surface area contributed by atoms with E-state index < -0.39 is 33.7 Å². The third-order valence-corrected chi connectivity index (χ3v) is 6.03. The lowest BCUT2D eigenvalue weighted by molar-refractivity contribution is -0.139. The molecule has 3 N–H and O–H groups in total. The van der Waals surface area contributed by atoms with Gasteiger partial charge in [-0.15, -0.1) is 0 Å². The average Bonchev–Trinajstić information content (AvgIpc) is 3.36. The Hall–Kier alpha value is -2.46. The Kier molecular flexibility index (Phi) is 4.48. The number of rotatable bonds is 5. The van der Waals surface area contributed by atoms with Gasteiger partial charge in [-0.2, -0.15) is 4.31 Å². The molecule has 2 unspecified atom stereocenters. The largest absolute Gasteiger partial charge is 0.481 e. The van der Waals surface area contributed by atoms with Crippen molar-refractivity contribution < 1.29 is 27.9 Å². The van der Waals surface area contributed by atoms with Crippen LogP contribution < -0.4 is 10.6 Å². The maximum absolute atomic E-state index is 12.6. The fourth-order valence-electron chi connectivity index (χ4n) is 2.70. The van der Waals surface area contributed by atoms with E-state index in [-0.39, 0.29) is 42.5 Å².